The zero-order valence-corrected chi connectivity index (χ0v) is 8.70. The van der Waals surface area contributed by atoms with Gasteiger partial charge in [-0.25, -0.2) is 0 Å². The van der Waals surface area contributed by atoms with E-state index < -0.39 is 5.60 Å². The van der Waals surface area contributed by atoms with Crippen molar-refractivity contribution < 1.29 is 5.11 Å². The van der Waals surface area contributed by atoms with Gasteiger partial charge in [0.1, 0.15) is 0 Å². The first kappa shape index (κ1) is 9.77. The fourth-order valence-corrected chi connectivity index (χ4v) is 3.67. The Morgan fingerprint density at radius 2 is 2.23 bits per heavy atom. The van der Waals surface area contributed by atoms with E-state index in [0.29, 0.717) is 0 Å². The van der Waals surface area contributed by atoms with E-state index >= 15 is 0 Å². The molecule has 2 aliphatic heterocycles. The van der Waals surface area contributed by atoms with Gasteiger partial charge in [0.15, 0.2) is 0 Å². The lowest BCUT2D eigenvalue weighted by atomic mass is 9.75. The first-order valence-corrected chi connectivity index (χ1v) is 6.12. The van der Waals surface area contributed by atoms with Crippen molar-refractivity contribution in [3.05, 3.63) is 0 Å². The standard InChI is InChI=1S/C9H18N2OS/c10-8(2-1-4-11-6-8)9(12)3-5-13-7-9/h11-12H,1-7,10H2. The Morgan fingerprint density at radius 3 is 2.77 bits per heavy atom. The molecule has 0 amide bonds. The number of rotatable bonds is 1. The summed E-state index contributed by atoms with van der Waals surface area (Å²) in [4.78, 5) is 0. The molecule has 76 valence electrons. The van der Waals surface area contributed by atoms with E-state index in [1.165, 1.54) is 0 Å². The highest BCUT2D eigenvalue weighted by Gasteiger charge is 2.49. The molecule has 0 aromatic carbocycles. The fraction of sp³-hybridized carbons (Fsp3) is 1.00. The van der Waals surface area contributed by atoms with Crippen LogP contribution in [0, 0.1) is 0 Å². The van der Waals surface area contributed by atoms with E-state index in [4.69, 9.17) is 5.73 Å². The Balaban J connectivity index is 2.11. The van der Waals surface area contributed by atoms with Gasteiger partial charge in [0.05, 0.1) is 11.1 Å². The second-order valence-corrected chi connectivity index (χ2v) is 5.38. The van der Waals surface area contributed by atoms with Crippen LogP contribution < -0.4 is 11.1 Å². The molecule has 2 rings (SSSR count). The monoisotopic (exact) mass is 202 g/mol. The van der Waals surface area contributed by atoms with Crippen molar-refractivity contribution in [1.82, 2.24) is 5.32 Å². The number of piperidine rings is 1. The molecule has 2 unspecified atom stereocenters. The Hall–Kier alpha value is 0.230. The Morgan fingerprint density at radius 1 is 1.38 bits per heavy atom. The van der Waals surface area contributed by atoms with Crippen LogP contribution in [0.15, 0.2) is 0 Å². The summed E-state index contributed by atoms with van der Waals surface area (Å²) in [6.07, 6.45) is 2.90. The molecule has 2 aliphatic rings. The topological polar surface area (TPSA) is 58.3 Å². The maximum Gasteiger partial charge on any atom is 0.0936 e. The van der Waals surface area contributed by atoms with E-state index in [0.717, 1.165) is 43.9 Å². The van der Waals surface area contributed by atoms with Crippen LogP contribution in [-0.2, 0) is 0 Å². The number of nitrogens with one attached hydrogen (secondary N) is 1. The summed E-state index contributed by atoms with van der Waals surface area (Å²) in [6, 6.07) is 0. The summed E-state index contributed by atoms with van der Waals surface area (Å²) < 4.78 is 0. The highest BCUT2D eigenvalue weighted by Crippen LogP contribution is 2.38. The van der Waals surface area contributed by atoms with Crippen molar-refractivity contribution in [2.24, 2.45) is 5.73 Å². The van der Waals surface area contributed by atoms with Crippen molar-refractivity contribution in [3.63, 3.8) is 0 Å². The first-order chi connectivity index (χ1) is 6.16. The molecule has 0 bridgehead atoms. The summed E-state index contributed by atoms with van der Waals surface area (Å²) in [7, 11) is 0. The van der Waals surface area contributed by atoms with Gasteiger partial charge in [-0.15, -0.1) is 0 Å². The Kier molecular flexibility index (Phi) is 2.57. The molecule has 3 nitrogen and oxygen atoms in total. The largest absolute Gasteiger partial charge is 0.387 e. The average molecular weight is 202 g/mol. The highest BCUT2D eigenvalue weighted by molar-refractivity contribution is 7.99. The molecule has 2 saturated heterocycles. The number of thioether (sulfide) groups is 1. The number of hydrogen-bond acceptors (Lipinski definition) is 4. The van der Waals surface area contributed by atoms with Gasteiger partial charge in [-0.05, 0) is 31.6 Å². The van der Waals surface area contributed by atoms with Crippen LogP contribution >= 0.6 is 11.8 Å². The Labute approximate surface area is 83.5 Å². The van der Waals surface area contributed by atoms with Crippen LogP contribution in [0.5, 0.6) is 0 Å². The molecule has 0 spiro atoms. The molecule has 2 atom stereocenters. The number of hydrogen-bond donors (Lipinski definition) is 3. The quantitative estimate of drug-likeness (QED) is 0.557. The summed E-state index contributed by atoms with van der Waals surface area (Å²) in [6.45, 7) is 1.81. The molecular formula is C9H18N2OS. The zero-order valence-electron chi connectivity index (χ0n) is 7.88. The lowest BCUT2D eigenvalue weighted by molar-refractivity contribution is -0.0230. The minimum atomic E-state index is -0.620. The predicted octanol–water partition coefficient (Wildman–Crippen LogP) is -0.0647. The van der Waals surface area contributed by atoms with E-state index in [-0.39, 0.29) is 5.54 Å². The van der Waals surface area contributed by atoms with Crippen molar-refractivity contribution in [1.29, 1.82) is 0 Å². The molecule has 2 fully saturated rings. The van der Waals surface area contributed by atoms with Crippen LogP contribution in [0.2, 0.25) is 0 Å². The first-order valence-electron chi connectivity index (χ1n) is 4.96. The molecule has 0 saturated carbocycles. The molecule has 0 radical (unpaired) electrons. The molecule has 2 heterocycles. The predicted molar refractivity (Wildman–Crippen MR) is 55.9 cm³/mol. The molecular weight excluding hydrogens is 184 g/mol. The van der Waals surface area contributed by atoms with Crippen molar-refractivity contribution in [3.8, 4) is 0 Å². The van der Waals surface area contributed by atoms with Crippen LogP contribution in [-0.4, -0.2) is 40.8 Å². The summed E-state index contributed by atoms with van der Waals surface area (Å²) >= 11 is 1.82. The van der Waals surface area contributed by atoms with Gasteiger partial charge >= 0.3 is 0 Å². The highest BCUT2D eigenvalue weighted by atomic mass is 32.2. The summed E-state index contributed by atoms with van der Waals surface area (Å²) in [5, 5.41) is 13.7. The van der Waals surface area contributed by atoms with Crippen LogP contribution in [0.25, 0.3) is 0 Å². The van der Waals surface area contributed by atoms with Gasteiger partial charge < -0.3 is 16.2 Å². The van der Waals surface area contributed by atoms with Crippen molar-refractivity contribution >= 4 is 11.8 Å². The van der Waals surface area contributed by atoms with Crippen LogP contribution in [0.1, 0.15) is 19.3 Å². The molecule has 4 heteroatoms. The lowest BCUT2D eigenvalue weighted by Gasteiger charge is -2.44. The SMILES string of the molecule is NC1(C2(O)CCSC2)CCCNC1. The summed E-state index contributed by atoms with van der Waals surface area (Å²) in [5.74, 6) is 1.86. The lowest BCUT2D eigenvalue weighted by Crippen LogP contribution is -2.67. The minimum Gasteiger partial charge on any atom is -0.387 e. The average Bonchev–Trinajstić information content (AvgIpc) is 2.55. The summed E-state index contributed by atoms with van der Waals surface area (Å²) in [5.41, 5.74) is 5.27. The third-order valence-corrected chi connectivity index (χ3v) is 4.52. The maximum atomic E-state index is 10.4. The Bertz CT molecular complexity index is 186. The third kappa shape index (κ3) is 1.61. The number of aliphatic hydroxyl groups is 1. The molecule has 0 aliphatic carbocycles. The smallest absolute Gasteiger partial charge is 0.0936 e. The number of nitrogens with two attached hydrogens (primary N) is 1. The maximum absolute atomic E-state index is 10.4. The van der Waals surface area contributed by atoms with Crippen molar-refractivity contribution in [2.45, 2.75) is 30.4 Å². The fourth-order valence-electron chi connectivity index (χ4n) is 2.27. The molecule has 0 aromatic rings. The van der Waals surface area contributed by atoms with Crippen LogP contribution in [0.3, 0.4) is 0 Å². The van der Waals surface area contributed by atoms with E-state index in [2.05, 4.69) is 5.32 Å². The molecule has 0 aromatic heterocycles. The van der Waals surface area contributed by atoms with Gasteiger partial charge in [-0.1, -0.05) is 0 Å². The van der Waals surface area contributed by atoms with E-state index in [1.807, 2.05) is 11.8 Å². The van der Waals surface area contributed by atoms with E-state index in [9.17, 15) is 5.11 Å². The van der Waals surface area contributed by atoms with Gasteiger partial charge in [0, 0.05) is 12.3 Å². The van der Waals surface area contributed by atoms with Gasteiger partial charge in [0.2, 0.25) is 0 Å². The van der Waals surface area contributed by atoms with E-state index in [1.54, 1.807) is 0 Å². The normalized spacial score (nSPS) is 46.6. The molecule has 4 N–H and O–H groups in total. The van der Waals surface area contributed by atoms with Gasteiger partial charge in [-0.3, -0.25) is 0 Å². The second kappa shape index (κ2) is 3.42. The van der Waals surface area contributed by atoms with Gasteiger partial charge in [-0.2, -0.15) is 11.8 Å². The second-order valence-electron chi connectivity index (χ2n) is 4.27. The van der Waals surface area contributed by atoms with Crippen molar-refractivity contribution in [2.75, 3.05) is 24.6 Å². The minimum absolute atomic E-state index is 0.380. The zero-order chi connectivity index (χ0) is 9.36. The third-order valence-electron chi connectivity index (χ3n) is 3.34. The van der Waals surface area contributed by atoms with Crippen LogP contribution in [0.4, 0.5) is 0 Å². The van der Waals surface area contributed by atoms with Gasteiger partial charge in [0.25, 0.3) is 0 Å². The molecule has 13 heavy (non-hydrogen) atoms.